The monoisotopic (exact) mass is 555 g/mol. The number of ether oxygens (including phenoxy) is 1. The number of para-hydroxylation sites is 1. The lowest BCUT2D eigenvalue weighted by molar-refractivity contribution is -0.119. The third kappa shape index (κ3) is 5.02. The Bertz CT molecular complexity index is 1830. The molecule has 1 aliphatic rings. The van der Waals surface area contributed by atoms with Crippen molar-refractivity contribution in [2.45, 2.75) is 52.0 Å². The number of nitrogens with one attached hydrogen (secondary N) is 1. The quantitative estimate of drug-likeness (QED) is 0.304. The number of hydrogen-bond acceptors (Lipinski definition) is 8. The van der Waals surface area contributed by atoms with Crippen LogP contribution in [-0.2, 0) is 4.79 Å². The zero-order chi connectivity index (χ0) is 27.8. The van der Waals surface area contributed by atoms with Crippen LogP contribution in [0.15, 0.2) is 59.7 Å². The molecule has 1 saturated carbocycles. The molecule has 1 amide bonds. The first-order valence-corrected chi connectivity index (χ1v) is 14.2. The molecule has 0 radical (unpaired) electrons. The largest absolute Gasteiger partial charge is 0.511 e. The highest BCUT2D eigenvalue weighted by Crippen LogP contribution is 2.32. The van der Waals surface area contributed by atoms with Crippen LogP contribution >= 0.6 is 11.3 Å². The number of amides is 1. The second-order valence-corrected chi connectivity index (χ2v) is 11.3. The first-order chi connectivity index (χ1) is 19.4. The molecule has 5 aromatic rings. The molecule has 2 atom stereocenters. The SMILES string of the molecule is CC(=O)N[C@H]1CCC[C@@H](CC(O)=c2sc3nccc4c3c2nc(=O)n4-c2cnc(Oc3ccccc3)cc2C)C1. The van der Waals surface area contributed by atoms with Gasteiger partial charge >= 0.3 is 5.69 Å². The summed E-state index contributed by atoms with van der Waals surface area (Å²) in [5, 5.41) is 15.0. The minimum absolute atomic E-state index is 0.0305. The molecular formula is C30H29N5O4S. The first kappa shape index (κ1) is 25.9. The fourth-order valence-corrected chi connectivity index (χ4v) is 6.70. The minimum Gasteiger partial charge on any atom is -0.511 e. The predicted molar refractivity (Wildman–Crippen MR) is 155 cm³/mol. The summed E-state index contributed by atoms with van der Waals surface area (Å²) in [4.78, 5) is 39.1. The van der Waals surface area contributed by atoms with Crippen LogP contribution < -0.4 is 20.3 Å². The van der Waals surface area contributed by atoms with Crippen molar-refractivity contribution >= 4 is 44.3 Å². The highest BCUT2D eigenvalue weighted by molar-refractivity contribution is 7.17. The maximum Gasteiger partial charge on any atom is 0.353 e. The van der Waals surface area contributed by atoms with Crippen molar-refractivity contribution < 1.29 is 14.6 Å². The van der Waals surface area contributed by atoms with Crippen molar-refractivity contribution in [3.8, 4) is 17.3 Å². The van der Waals surface area contributed by atoms with Gasteiger partial charge in [-0.1, -0.05) is 24.6 Å². The van der Waals surface area contributed by atoms with Gasteiger partial charge in [-0.3, -0.25) is 9.36 Å². The van der Waals surface area contributed by atoms with Crippen molar-refractivity contribution in [1.29, 1.82) is 0 Å². The van der Waals surface area contributed by atoms with E-state index in [-0.39, 0.29) is 23.6 Å². The number of aryl methyl sites for hydroxylation is 1. The Kier molecular flexibility index (Phi) is 6.93. The Morgan fingerprint density at radius 1 is 1.20 bits per heavy atom. The summed E-state index contributed by atoms with van der Waals surface area (Å²) in [5.74, 6) is 1.51. The molecule has 4 heterocycles. The molecule has 0 bridgehead atoms. The fraction of sp³-hybridized carbons (Fsp3) is 0.300. The number of carbonyl (C=O) groups is 1. The summed E-state index contributed by atoms with van der Waals surface area (Å²) < 4.78 is 7.98. The van der Waals surface area contributed by atoms with Crippen LogP contribution in [0.4, 0.5) is 0 Å². The zero-order valence-electron chi connectivity index (χ0n) is 22.3. The van der Waals surface area contributed by atoms with Gasteiger partial charge in [0.15, 0.2) is 0 Å². The molecule has 0 saturated heterocycles. The van der Waals surface area contributed by atoms with Crippen LogP contribution in [0.25, 0.3) is 32.7 Å². The number of thiophene rings is 1. The number of aliphatic hydroxyl groups is 1. The van der Waals surface area contributed by atoms with Crippen LogP contribution in [-0.4, -0.2) is 36.6 Å². The second kappa shape index (κ2) is 10.7. The second-order valence-electron chi connectivity index (χ2n) is 10.3. The molecule has 40 heavy (non-hydrogen) atoms. The molecule has 1 fully saturated rings. The van der Waals surface area contributed by atoms with E-state index in [0.29, 0.717) is 44.1 Å². The van der Waals surface area contributed by atoms with Gasteiger partial charge in [-0.25, -0.2) is 14.8 Å². The number of aliphatic hydroxyl groups excluding tert-OH is 1. The summed E-state index contributed by atoms with van der Waals surface area (Å²) in [6.45, 7) is 3.43. The van der Waals surface area contributed by atoms with E-state index in [4.69, 9.17) is 4.74 Å². The first-order valence-electron chi connectivity index (χ1n) is 13.4. The molecular weight excluding hydrogens is 526 g/mol. The van der Waals surface area contributed by atoms with E-state index in [1.807, 2.05) is 37.3 Å². The third-order valence-electron chi connectivity index (χ3n) is 7.38. The Hall–Kier alpha value is -4.31. The van der Waals surface area contributed by atoms with Gasteiger partial charge in [-0.2, -0.15) is 4.98 Å². The fourth-order valence-electron chi connectivity index (χ4n) is 5.64. The highest BCUT2D eigenvalue weighted by atomic mass is 32.1. The van der Waals surface area contributed by atoms with Gasteiger partial charge in [0, 0.05) is 31.6 Å². The summed E-state index contributed by atoms with van der Waals surface area (Å²) in [6, 6.07) is 13.1. The van der Waals surface area contributed by atoms with Gasteiger partial charge in [0.05, 0.1) is 27.3 Å². The Labute approximate surface area is 234 Å². The summed E-state index contributed by atoms with van der Waals surface area (Å²) in [6.07, 6.45) is 7.48. The van der Waals surface area contributed by atoms with Gasteiger partial charge in [0.2, 0.25) is 11.8 Å². The summed E-state index contributed by atoms with van der Waals surface area (Å²) >= 11 is 1.34. The lowest BCUT2D eigenvalue weighted by Gasteiger charge is -2.29. The predicted octanol–water partition coefficient (Wildman–Crippen LogP) is 4.96. The maximum absolute atomic E-state index is 13.5. The van der Waals surface area contributed by atoms with E-state index in [1.165, 1.54) is 18.3 Å². The Morgan fingerprint density at radius 2 is 2.02 bits per heavy atom. The summed E-state index contributed by atoms with van der Waals surface area (Å²) in [7, 11) is 0. The van der Waals surface area contributed by atoms with E-state index >= 15 is 0 Å². The smallest absolute Gasteiger partial charge is 0.353 e. The molecule has 0 spiro atoms. The summed E-state index contributed by atoms with van der Waals surface area (Å²) in [5.41, 5.74) is 2.05. The lowest BCUT2D eigenvalue weighted by atomic mass is 9.83. The van der Waals surface area contributed by atoms with Crippen molar-refractivity contribution in [2.75, 3.05) is 0 Å². The molecule has 1 aliphatic carbocycles. The van der Waals surface area contributed by atoms with Gasteiger partial charge in [-0.15, -0.1) is 11.3 Å². The molecule has 10 heteroatoms. The van der Waals surface area contributed by atoms with E-state index in [9.17, 15) is 14.7 Å². The van der Waals surface area contributed by atoms with E-state index in [2.05, 4.69) is 20.3 Å². The number of pyridine rings is 2. The number of hydrogen-bond donors (Lipinski definition) is 2. The van der Waals surface area contributed by atoms with Gasteiger partial charge in [-0.05, 0) is 55.9 Å². The number of benzene rings is 1. The standard InChI is InChI=1S/C30H29N5O4S/c1-17-13-25(39-21-9-4-3-5-10-21)32-16-23(17)35-22-11-12-31-29-26(22)27(34-30(35)38)28(40-29)24(37)15-19-7-6-8-20(14-19)33-18(2)36/h3-5,9-13,16,19-20,37H,6-8,14-15H2,1-2H3,(H,33,36)/t19-,20+/m1/s1. The maximum atomic E-state index is 13.5. The Balaban J connectivity index is 1.38. The molecule has 9 nitrogen and oxygen atoms in total. The van der Waals surface area contributed by atoms with E-state index in [0.717, 1.165) is 36.6 Å². The van der Waals surface area contributed by atoms with E-state index < -0.39 is 5.69 Å². The van der Waals surface area contributed by atoms with Gasteiger partial charge in [0.25, 0.3) is 0 Å². The zero-order valence-corrected chi connectivity index (χ0v) is 23.1. The number of nitrogens with zero attached hydrogens (tertiary/aromatic N) is 4. The van der Waals surface area contributed by atoms with Crippen molar-refractivity contribution in [3.05, 3.63) is 75.4 Å². The van der Waals surface area contributed by atoms with Crippen LogP contribution in [0.1, 0.15) is 44.6 Å². The van der Waals surface area contributed by atoms with E-state index in [1.54, 1.807) is 29.1 Å². The number of carbonyl (C=O) groups excluding carboxylic acids is 1. The third-order valence-corrected chi connectivity index (χ3v) is 8.52. The number of rotatable bonds is 6. The van der Waals surface area contributed by atoms with Gasteiger partial charge in [0.1, 0.15) is 21.9 Å². The molecule has 1 aromatic carbocycles. The normalized spacial score (nSPS) is 18.1. The average molecular weight is 556 g/mol. The molecule has 2 N–H and O–H groups in total. The van der Waals surface area contributed by atoms with Crippen LogP contribution in [0.5, 0.6) is 11.6 Å². The highest BCUT2D eigenvalue weighted by Gasteiger charge is 2.25. The Morgan fingerprint density at radius 3 is 2.80 bits per heavy atom. The number of aromatic nitrogens is 4. The van der Waals surface area contributed by atoms with Crippen molar-refractivity contribution in [2.24, 2.45) is 5.92 Å². The molecule has 6 rings (SSSR count). The van der Waals surface area contributed by atoms with Crippen LogP contribution in [0, 0.1) is 12.8 Å². The van der Waals surface area contributed by atoms with Crippen molar-refractivity contribution in [3.63, 3.8) is 0 Å². The lowest BCUT2D eigenvalue weighted by Crippen LogP contribution is -2.37. The van der Waals surface area contributed by atoms with Gasteiger partial charge < -0.3 is 15.2 Å². The molecule has 0 unspecified atom stereocenters. The molecule has 204 valence electrons. The topological polar surface area (TPSA) is 119 Å². The molecule has 0 aliphatic heterocycles. The van der Waals surface area contributed by atoms with Crippen LogP contribution in [0.3, 0.4) is 0 Å². The van der Waals surface area contributed by atoms with Crippen molar-refractivity contribution in [1.82, 2.24) is 24.8 Å². The average Bonchev–Trinajstić information content (AvgIpc) is 3.29. The molecule has 4 aromatic heterocycles. The van der Waals surface area contributed by atoms with Crippen LogP contribution in [0.2, 0.25) is 0 Å². The minimum atomic E-state index is -0.461.